The van der Waals surface area contributed by atoms with E-state index in [1.807, 2.05) is 0 Å². The molecule has 0 spiro atoms. The van der Waals surface area contributed by atoms with Crippen LogP contribution in [0.4, 0.5) is 0 Å². The summed E-state index contributed by atoms with van der Waals surface area (Å²) >= 11 is 0. The SMILES string of the molecule is CNCCNC(=O)CCS(=O)(=O)c1ccc2c(c1)OCCCO2. The largest absolute Gasteiger partial charge is 0.490 e. The van der Waals surface area contributed by atoms with E-state index in [0.717, 1.165) is 6.42 Å². The highest BCUT2D eigenvalue weighted by molar-refractivity contribution is 7.91. The van der Waals surface area contributed by atoms with Crippen molar-refractivity contribution in [3.05, 3.63) is 18.2 Å². The Labute approximate surface area is 136 Å². The lowest BCUT2D eigenvalue weighted by Crippen LogP contribution is -2.31. The molecule has 1 heterocycles. The molecule has 0 aliphatic carbocycles. The topological polar surface area (TPSA) is 93.7 Å². The second-order valence-electron chi connectivity index (χ2n) is 5.18. The molecule has 0 saturated heterocycles. The normalized spacial score (nSPS) is 14.1. The lowest BCUT2D eigenvalue weighted by molar-refractivity contribution is -0.120. The van der Waals surface area contributed by atoms with Gasteiger partial charge >= 0.3 is 0 Å². The van der Waals surface area contributed by atoms with E-state index in [1.54, 1.807) is 13.1 Å². The van der Waals surface area contributed by atoms with Crippen LogP contribution in [0.15, 0.2) is 23.1 Å². The van der Waals surface area contributed by atoms with Gasteiger partial charge in [0.05, 0.1) is 23.9 Å². The summed E-state index contributed by atoms with van der Waals surface area (Å²) in [6, 6.07) is 4.55. The van der Waals surface area contributed by atoms with Gasteiger partial charge in [-0.3, -0.25) is 4.79 Å². The van der Waals surface area contributed by atoms with Crippen molar-refractivity contribution in [1.82, 2.24) is 10.6 Å². The smallest absolute Gasteiger partial charge is 0.221 e. The van der Waals surface area contributed by atoms with Gasteiger partial charge < -0.3 is 20.1 Å². The lowest BCUT2D eigenvalue weighted by Gasteiger charge is -2.10. The van der Waals surface area contributed by atoms with E-state index in [-0.39, 0.29) is 23.0 Å². The molecule has 2 rings (SSSR count). The Bertz CT molecular complexity index is 645. The molecule has 2 N–H and O–H groups in total. The third-order valence-corrected chi connectivity index (χ3v) is 5.09. The molecule has 128 valence electrons. The monoisotopic (exact) mass is 342 g/mol. The number of benzene rings is 1. The zero-order valence-electron chi connectivity index (χ0n) is 13.1. The maximum absolute atomic E-state index is 12.3. The van der Waals surface area contributed by atoms with Gasteiger partial charge in [-0.25, -0.2) is 8.42 Å². The van der Waals surface area contributed by atoms with Gasteiger partial charge in [0.15, 0.2) is 21.3 Å². The Morgan fingerprint density at radius 2 is 1.91 bits per heavy atom. The molecule has 0 bridgehead atoms. The second-order valence-corrected chi connectivity index (χ2v) is 7.29. The molecule has 0 radical (unpaired) electrons. The first-order valence-corrected chi connectivity index (χ1v) is 9.22. The van der Waals surface area contributed by atoms with Crippen molar-refractivity contribution in [1.29, 1.82) is 0 Å². The van der Waals surface area contributed by atoms with Crippen LogP contribution in [0.3, 0.4) is 0 Å². The number of amides is 1. The standard InChI is InChI=1S/C15H22N2O5S/c1-16-6-7-17-15(18)5-10-23(19,20)12-3-4-13-14(11-12)22-9-2-8-21-13/h3-4,11,16H,2,5-10H2,1H3,(H,17,18). The molecule has 0 saturated carbocycles. The minimum atomic E-state index is -3.54. The Hall–Kier alpha value is -1.80. The van der Waals surface area contributed by atoms with Crippen LogP contribution in [0.5, 0.6) is 11.5 Å². The van der Waals surface area contributed by atoms with Crippen molar-refractivity contribution in [2.24, 2.45) is 0 Å². The molecule has 1 aromatic rings. The average Bonchev–Trinajstić information content (AvgIpc) is 2.78. The number of likely N-dealkylation sites (N-methyl/N-ethyl adjacent to an activating group) is 1. The summed E-state index contributed by atoms with van der Waals surface area (Å²) in [4.78, 5) is 11.8. The minimum absolute atomic E-state index is 0.0690. The fraction of sp³-hybridized carbons (Fsp3) is 0.533. The third kappa shape index (κ3) is 5.11. The van der Waals surface area contributed by atoms with Gasteiger partial charge in [-0.05, 0) is 19.2 Å². The summed E-state index contributed by atoms with van der Waals surface area (Å²) in [5, 5.41) is 5.55. The Morgan fingerprint density at radius 3 is 2.65 bits per heavy atom. The molecule has 1 aromatic carbocycles. The number of hydrogen-bond acceptors (Lipinski definition) is 6. The van der Waals surface area contributed by atoms with Crippen molar-refractivity contribution < 1.29 is 22.7 Å². The molecular weight excluding hydrogens is 320 g/mol. The molecule has 8 heteroatoms. The van der Waals surface area contributed by atoms with E-state index in [0.29, 0.717) is 37.8 Å². The molecule has 0 atom stereocenters. The van der Waals surface area contributed by atoms with Crippen LogP contribution in [-0.4, -0.2) is 53.4 Å². The maximum Gasteiger partial charge on any atom is 0.221 e. The predicted molar refractivity (Wildman–Crippen MR) is 85.7 cm³/mol. The van der Waals surface area contributed by atoms with Crippen molar-refractivity contribution in [3.8, 4) is 11.5 Å². The summed E-state index contributed by atoms with van der Waals surface area (Å²) in [6.07, 6.45) is 0.685. The Balaban J connectivity index is 1.99. The van der Waals surface area contributed by atoms with Crippen molar-refractivity contribution in [2.45, 2.75) is 17.7 Å². The number of ether oxygens (including phenoxy) is 2. The van der Waals surface area contributed by atoms with Gasteiger partial charge in [-0.15, -0.1) is 0 Å². The van der Waals surface area contributed by atoms with Crippen molar-refractivity contribution in [2.75, 3.05) is 39.1 Å². The molecular formula is C15H22N2O5S. The quantitative estimate of drug-likeness (QED) is 0.695. The first kappa shape index (κ1) is 17.6. The lowest BCUT2D eigenvalue weighted by atomic mass is 10.3. The Kier molecular flexibility index (Phi) is 6.23. The number of carbonyl (C=O) groups is 1. The summed E-state index contributed by atoms with van der Waals surface area (Å²) in [5.74, 6) is 0.462. The van der Waals surface area contributed by atoms with E-state index in [2.05, 4.69) is 10.6 Å². The molecule has 0 fully saturated rings. The van der Waals surface area contributed by atoms with Gasteiger partial charge in [0.1, 0.15) is 0 Å². The van der Waals surface area contributed by atoms with Crippen LogP contribution in [0.25, 0.3) is 0 Å². The summed E-state index contributed by atoms with van der Waals surface area (Å²) < 4.78 is 35.7. The fourth-order valence-electron chi connectivity index (χ4n) is 2.10. The highest BCUT2D eigenvalue weighted by Crippen LogP contribution is 2.32. The highest BCUT2D eigenvalue weighted by Gasteiger charge is 2.20. The summed E-state index contributed by atoms with van der Waals surface area (Å²) in [7, 11) is -1.76. The molecule has 7 nitrogen and oxygen atoms in total. The maximum atomic E-state index is 12.3. The average molecular weight is 342 g/mol. The van der Waals surface area contributed by atoms with Crippen molar-refractivity contribution >= 4 is 15.7 Å². The second kappa shape index (κ2) is 8.16. The van der Waals surface area contributed by atoms with Gasteiger partial charge in [-0.2, -0.15) is 0 Å². The highest BCUT2D eigenvalue weighted by atomic mass is 32.2. The van der Waals surface area contributed by atoms with E-state index >= 15 is 0 Å². The predicted octanol–water partition coefficient (Wildman–Crippen LogP) is 0.347. The number of nitrogens with one attached hydrogen (secondary N) is 2. The van der Waals surface area contributed by atoms with E-state index in [1.165, 1.54) is 12.1 Å². The summed E-state index contributed by atoms with van der Waals surface area (Å²) in [5.41, 5.74) is 0. The summed E-state index contributed by atoms with van der Waals surface area (Å²) in [6.45, 7) is 2.15. The van der Waals surface area contributed by atoms with Crippen LogP contribution >= 0.6 is 0 Å². The van der Waals surface area contributed by atoms with Gasteiger partial charge in [0.25, 0.3) is 0 Å². The third-order valence-electron chi connectivity index (χ3n) is 3.37. The molecule has 1 amide bonds. The Morgan fingerprint density at radius 1 is 1.17 bits per heavy atom. The van der Waals surface area contributed by atoms with Crippen LogP contribution in [0.1, 0.15) is 12.8 Å². The van der Waals surface area contributed by atoms with Crippen LogP contribution < -0.4 is 20.1 Å². The van der Waals surface area contributed by atoms with Crippen LogP contribution in [-0.2, 0) is 14.6 Å². The molecule has 23 heavy (non-hydrogen) atoms. The van der Waals surface area contributed by atoms with Crippen molar-refractivity contribution in [3.63, 3.8) is 0 Å². The van der Waals surface area contributed by atoms with Gasteiger partial charge in [0.2, 0.25) is 5.91 Å². The molecule has 1 aliphatic heterocycles. The van der Waals surface area contributed by atoms with Crippen LogP contribution in [0.2, 0.25) is 0 Å². The number of fused-ring (bicyclic) bond motifs is 1. The number of rotatable bonds is 7. The first-order valence-electron chi connectivity index (χ1n) is 7.56. The number of carbonyl (C=O) groups excluding carboxylic acids is 1. The first-order chi connectivity index (χ1) is 11.0. The minimum Gasteiger partial charge on any atom is -0.490 e. The van der Waals surface area contributed by atoms with E-state index in [4.69, 9.17) is 9.47 Å². The zero-order chi connectivity index (χ0) is 16.7. The number of sulfone groups is 1. The van der Waals surface area contributed by atoms with Gasteiger partial charge in [0, 0.05) is 32.0 Å². The van der Waals surface area contributed by atoms with E-state index in [9.17, 15) is 13.2 Å². The molecule has 0 aromatic heterocycles. The number of hydrogen-bond donors (Lipinski definition) is 2. The molecule has 1 aliphatic rings. The fourth-order valence-corrected chi connectivity index (χ4v) is 3.35. The van der Waals surface area contributed by atoms with E-state index < -0.39 is 9.84 Å². The van der Waals surface area contributed by atoms with Gasteiger partial charge in [-0.1, -0.05) is 0 Å². The molecule has 0 unspecified atom stereocenters. The zero-order valence-corrected chi connectivity index (χ0v) is 13.9. The van der Waals surface area contributed by atoms with Crippen LogP contribution in [0, 0.1) is 0 Å².